The number of phenols is 1. The second kappa shape index (κ2) is 6.74. The number of Topliss-reactive ketones (excluding diaryl/α,β-unsaturated/α-hetero) is 1. The van der Waals surface area contributed by atoms with E-state index in [1.807, 2.05) is 6.92 Å². The first-order valence-electron chi connectivity index (χ1n) is 7.25. The Labute approximate surface area is 147 Å². The fourth-order valence-corrected chi connectivity index (χ4v) is 4.23. The summed E-state index contributed by atoms with van der Waals surface area (Å²) in [5.74, 6) is -0.423. The number of nitrogens with zero attached hydrogens (tertiary/aromatic N) is 2. The summed E-state index contributed by atoms with van der Waals surface area (Å²) >= 11 is 2.51. The van der Waals surface area contributed by atoms with Gasteiger partial charge >= 0.3 is 0 Å². The molecule has 1 saturated heterocycles. The number of hydrogen-bond acceptors (Lipinski definition) is 8. The number of rotatable bonds is 4. The molecule has 0 aliphatic carbocycles. The van der Waals surface area contributed by atoms with Crippen LogP contribution in [-0.4, -0.2) is 33.2 Å². The molecule has 2 N–H and O–H groups in total. The van der Waals surface area contributed by atoms with Crippen molar-refractivity contribution in [3.05, 3.63) is 38.7 Å². The topological polar surface area (TPSA) is 96.2 Å². The highest BCUT2D eigenvalue weighted by atomic mass is 32.2. The Morgan fingerprint density at radius 3 is 2.88 bits per heavy atom. The maximum absolute atomic E-state index is 12.7. The van der Waals surface area contributed by atoms with Gasteiger partial charge in [-0.15, -0.1) is 21.5 Å². The number of aryl methyl sites for hydroxylation is 1. The molecular weight excluding hydrogens is 346 g/mol. The first kappa shape index (κ1) is 16.7. The summed E-state index contributed by atoms with van der Waals surface area (Å²) in [6.07, 6.45) is 2.46. The van der Waals surface area contributed by atoms with Gasteiger partial charge in [-0.1, -0.05) is 24.8 Å². The summed E-state index contributed by atoms with van der Waals surface area (Å²) in [6.45, 7) is 1.98. The first-order chi connectivity index (χ1) is 11.5. The zero-order chi connectivity index (χ0) is 17.3. The Balaban J connectivity index is 1.90. The van der Waals surface area contributed by atoms with Gasteiger partial charge in [-0.2, -0.15) is 0 Å². The van der Waals surface area contributed by atoms with Gasteiger partial charge in [0.05, 0.1) is 17.1 Å². The lowest BCUT2D eigenvalue weighted by molar-refractivity contribution is -0.114. The van der Waals surface area contributed by atoms with E-state index in [0.717, 1.165) is 28.8 Å². The van der Waals surface area contributed by atoms with Crippen LogP contribution in [0.2, 0.25) is 0 Å². The molecule has 2 aromatic rings. The van der Waals surface area contributed by atoms with Gasteiger partial charge < -0.3 is 9.84 Å². The lowest BCUT2D eigenvalue weighted by Gasteiger charge is -2.04. The summed E-state index contributed by atoms with van der Waals surface area (Å²) in [6, 6.07) is 4.85. The van der Waals surface area contributed by atoms with Crippen LogP contribution >= 0.6 is 23.1 Å². The number of hydrogen-bond donors (Lipinski definition) is 2. The van der Waals surface area contributed by atoms with Gasteiger partial charge in [-0.05, 0) is 30.2 Å². The molecule has 0 unspecified atom stereocenters. The molecule has 0 spiro atoms. The number of phenolic OH excluding ortho intramolecular Hbond substituents is 1. The maximum Gasteiger partial charge on any atom is 0.186 e. The predicted octanol–water partition coefficient (Wildman–Crippen LogP) is 3.23. The van der Waals surface area contributed by atoms with E-state index < -0.39 is 5.92 Å². The molecule has 8 heteroatoms. The molecule has 0 radical (unpaired) electrons. The number of thioether (sulfide) groups is 1. The quantitative estimate of drug-likeness (QED) is 0.812. The molecule has 0 amide bonds. The Hall–Kier alpha value is -2.19. The number of carbonyl (C=O) groups is 1. The summed E-state index contributed by atoms with van der Waals surface area (Å²) in [7, 11) is 1.47. The van der Waals surface area contributed by atoms with Gasteiger partial charge in [0, 0.05) is 0 Å². The van der Waals surface area contributed by atoms with Crippen molar-refractivity contribution in [3.8, 4) is 11.5 Å². The molecule has 1 aliphatic heterocycles. The van der Waals surface area contributed by atoms with Gasteiger partial charge in [0.1, 0.15) is 15.9 Å². The fourth-order valence-electron chi connectivity index (χ4n) is 2.28. The highest BCUT2D eigenvalue weighted by Gasteiger charge is 2.39. The van der Waals surface area contributed by atoms with Crippen molar-refractivity contribution >= 4 is 40.0 Å². The molecule has 6 nitrogen and oxygen atoms in total. The van der Waals surface area contributed by atoms with E-state index in [-0.39, 0.29) is 16.6 Å². The molecule has 24 heavy (non-hydrogen) atoms. The van der Waals surface area contributed by atoms with Crippen LogP contribution in [-0.2, 0) is 11.2 Å². The summed E-state index contributed by atoms with van der Waals surface area (Å²) in [5, 5.41) is 27.6. The average Bonchev–Trinajstić information content (AvgIpc) is 3.14. The number of ether oxygens (including phenoxy) is 1. The van der Waals surface area contributed by atoms with Gasteiger partial charge in [0.25, 0.3) is 0 Å². The van der Waals surface area contributed by atoms with Crippen LogP contribution in [0.15, 0.2) is 23.1 Å². The van der Waals surface area contributed by atoms with Crippen LogP contribution in [0.5, 0.6) is 11.5 Å². The Bertz CT molecular complexity index is 845. The van der Waals surface area contributed by atoms with Crippen molar-refractivity contribution < 1.29 is 14.6 Å². The number of nitrogens with one attached hydrogen (secondary N) is 1. The Morgan fingerprint density at radius 1 is 1.42 bits per heavy atom. The SMILES string of the molecule is CCc1nnc([C@H]2C(=N)S/C(=C\c3ccc(O)c(OC)c3)C2=O)s1. The molecule has 1 atom stereocenters. The minimum absolute atomic E-state index is 0.0385. The molecule has 0 bridgehead atoms. The highest BCUT2D eigenvalue weighted by molar-refractivity contribution is 8.19. The zero-order valence-electron chi connectivity index (χ0n) is 13.1. The molecule has 124 valence electrons. The largest absolute Gasteiger partial charge is 0.504 e. The van der Waals surface area contributed by atoms with Crippen LogP contribution < -0.4 is 4.74 Å². The van der Waals surface area contributed by atoms with Gasteiger partial charge in [0.2, 0.25) is 0 Å². The average molecular weight is 361 g/mol. The molecule has 2 heterocycles. The number of ketones is 1. The van der Waals surface area contributed by atoms with E-state index in [0.29, 0.717) is 15.7 Å². The van der Waals surface area contributed by atoms with Gasteiger partial charge in [-0.25, -0.2) is 0 Å². The van der Waals surface area contributed by atoms with Crippen LogP contribution in [0.3, 0.4) is 0 Å². The third-order valence-electron chi connectivity index (χ3n) is 3.52. The van der Waals surface area contributed by atoms with Crippen LogP contribution in [0.1, 0.15) is 28.4 Å². The molecule has 0 saturated carbocycles. The van der Waals surface area contributed by atoms with E-state index in [1.54, 1.807) is 18.2 Å². The number of benzene rings is 1. The van der Waals surface area contributed by atoms with Gasteiger partial charge in [0.15, 0.2) is 17.3 Å². The minimum Gasteiger partial charge on any atom is -0.504 e. The van der Waals surface area contributed by atoms with Gasteiger partial charge in [-0.3, -0.25) is 10.2 Å². The normalized spacial score (nSPS) is 19.2. The number of methoxy groups -OCH3 is 1. The van der Waals surface area contributed by atoms with E-state index in [2.05, 4.69) is 10.2 Å². The van der Waals surface area contributed by atoms with E-state index in [1.165, 1.54) is 24.5 Å². The Morgan fingerprint density at radius 2 is 2.21 bits per heavy atom. The van der Waals surface area contributed by atoms with E-state index in [4.69, 9.17) is 10.1 Å². The molecule has 1 aromatic heterocycles. The fraction of sp³-hybridized carbons (Fsp3) is 0.250. The third-order valence-corrected chi connectivity index (χ3v) is 5.65. The first-order valence-corrected chi connectivity index (χ1v) is 8.88. The van der Waals surface area contributed by atoms with Crippen LogP contribution in [0, 0.1) is 5.41 Å². The lowest BCUT2D eigenvalue weighted by atomic mass is 10.1. The molecule has 3 rings (SSSR count). The van der Waals surface area contributed by atoms with Crippen molar-refractivity contribution in [1.29, 1.82) is 5.41 Å². The second-order valence-electron chi connectivity index (χ2n) is 5.09. The van der Waals surface area contributed by atoms with Crippen molar-refractivity contribution in [3.63, 3.8) is 0 Å². The number of aromatic nitrogens is 2. The Kier molecular flexibility index (Phi) is 4.68. The number of allylic oxidation sites excluding steroid dienone is 1. The highest BCUT2D eigenvalue weighted by Crippen LogP contribution is 2.41. The van der Waals surface area contributed by atoms with Crippen molar-refractivity contribution in [2.45, 2.75) is 19.3 Å². The maximum atomic E-state index is 12.7. The lowest BCUT2D eigenvalue weighted by Crippen LogP contribution is -2.11. The number of aromatic hydroxyl groups is 1. The van der Waals surface area contributed by atoms with E-state index in [9.17, 15) is 9.90 Å². The third kappa shape index (κ3) is 3.07. The molecule has 1 aromatic carbocycles. The van der Waals surface area contributed by atoms with Crippen molar-refractivity contribution in [2.24, 2.45) is 0 Å². The van der Waals surface area contributed by atoms with Crippen molar-refractivity contribution in [2.75, 3.05) is 7.11 Å². The number of carbonyl (C=O) groups excluding carboxylic acids is 1. The molecule has 1 aliphatic rings. The standard InChI is InChI=1S/C16H15N3O3S2/c1-3-12-18-19-16(24-12)13-14(21)11(23-15(13)17)7-8-4-5-9(20)10(6-8)22-2/h4-7,13,17,20H,3H2,1-2H3/b11-7-,17-15?/t13-/m1/s1. The summed E-state index contributed by atoms with van der Waals surface area (Å²) in [5.41, 5.74) is 0.723. The van der Waals surface area contributed by atoms with Crippen LogP contribution in [0.25, 0.3) is 6.08 Å². The summed E-state index contributed by atoms with van der Waals surface area (Å²) < 4.78 is 5.07. The molecular formula is C16H15N3O3S2. The van der Waals surface area contributed by atoms with E-state index >= 15 is 0 Å². The second-order valence-corrected chi connectivity index (χ2v) is 7.27. The zero-order valence-corrected chi connectivity index (χ0v) is 14.7. The monoisotopic (exact) mass is 361 g/mol. The van der Waals surface area contributed by atoms with Crippen molar-refractivity contribution in [1.82, 2.24) is 10.2 Å². The molecule has 1 fully saturated rings. The predicted molar refractivity (Wildman–Crippen MR) is 95.0 cm³/mol. The smallest absolute Gasteiger partial charge is 0.186 e. The van der Waals surface area contributed by atoms with Crippen LogP contribution in [0.4, 0.5) is 0 Å². The summed E-state index contributed by atoms with van der Waals surface area (Å²) in [4.78, 5) is 13.1. The minimum atomic E-state index is -0.655.